The molecule has 106 valence electrons. The minimum absolute atomic E-state index is 0.759. The van der Waals surface area contributed by atoms with Gasteiger partial charge in [0.25, 0.3) is 0 Å². The first-order chi connectivity index (χ1) is 8.81. The largest absolute Gasteiger partial charge is 0.487 e. The molecule has 18 heavy (non-hydrogen) atoms. The molecule has 0 aromatic carbocycles. The number of ether oxygens (including phenoxy) is 1. The summed E-state index contributed by atoms with van der Waals surface area (Å²) in [6.45, 7) is 6.59. The molecule has 0 saturated heterocycles. The Bertz CT molecular complexity index is 201. The van der Waals surface area contributed by atoms with Crippen LogP contribution in [0, 0.1) is 0 Å². The van der Waals surface area contributed by atoms with Crippen molar-refractivity contribution in [1.29, 1.82) is 0 Å². The molecule has 0 atom stereocenters. The van der Waals surface area contributed by atoms with Gasteiger partial charge in [0, 0.05) is 6.42 Å². The fourth-order valence-corrected chi connectivity index (χ4v) is 2.00. The SMILES string of the molecule is C=CCCCCCCCCCCCOC(=S)CC. The molecule has 0 saturated carbocycles. The Morgan fingerprint density at radius 2 is 1.44 bits per heavy atom. The molecule has 0 heterocycles. The lowest BCUT2D eigenvalue weighted by Crippen LogP contribution is -2.01. The molecule has 0 aliphatic carbocycles. The number of hydrogen-bond acceptors (Lipinski definition) is 2. The summed E-state index contributed by atoms with van der Waals surface area (Å²) in [5.41, 5.74) is 0. The average molecular weight is 270 g/mol. The third-order valence-corrected chi connectivity index (χ3v) is 3.51. The fourth-order valence-electron chi connectivity index (χ4n) is 1.92. The van der Waals surface area contributed by atoms with E-state index < -0.39 is 0 Å². The van der Waals surface area contributed by atoms with Crippen LogP contribution in [0.5, 0.6) is 0 Å². The zero-order valence-corrected chi connectivity index (χ0v) is 12.9. The molecule has 0 bridgehead atoms. The Morgan fingerprint density at radius 3 is 1.94 bits per heavy atom. The molecular formula is C16H30OS. The van der Waals surface area contributed by atoms with E-state index in [2.05, 4.69) is 6.58 Å². The Morgan fingerprint density at radius 1 is 0.944 bits per heavy atom. The zero-order valence-electron chi connectivity index (χ0n) is 12.1. The summed E-state index contributed by atoms with van der Waals surface area (Å²) in [5.74, 6) is 0. The highest BCUT2D eigenvalue weighted by Gasteiger charge is 1.95. The number of rotatable bonds is 13. The van der Waals surface area contributed by atoms with Crippen LogP contribution in [0.1, 0.15) is 77.6 Å². The van der Waals surface area contributed by atoms with E-state index in [1.54, 1.807) is 0 Å². The molecule has 0 spiro atoms. The van der Waals surface area contributed by atoms with Crippen LogP contribution in [0.4, 0.5) is 0 Å². The smallest absolute Gasteiger partial charge is 0.159 e. The lowest BCUT2D eigenvalue weighted by atomic mass is 10.1. The second kappa shape index (κ2) is 14.7. The predicted octanol–water partition coefficient (Wildman–Crippen LogP) is 5.83. The summed E-state index contributed by atoms with van der Waals surface area (Å²) in [6.07, 6.45) is 16.1. The molecule has 0 rings (SSSR count). The third-order valence-electron chi connectivity index (χ3n) is 3.10. The van der Waals surface area contributed by atoms with Gasteiger partial charge in [-0.25, -0.2) is 0 Å². The van der Waals surface area contributed by atoms with Gasteiger partial charge in [0.1, 0.15) is 0 Å². The van der Waals surface area contributed by atoms with Crippen LogP contribution in [-0.4, -0.2) is 11.7 Å². The Labute approximate surface area is 119 Å². The van der Waals surface area contributed by atoms with Crippen LogP contribution in [0.15, 0.2) is 12.7 Å². The Kier molecular flexibility index (Phi) is 14.4. The van der Waals surface area contributed by atoms with Gasteiger partial charge in [-0.2, -0.15) is 0 Å². The van der Waals surface area contributed by atoms with Crippen molar-refractivity contribution in [3.63, 3.8) is 0 Å². The normalized spacial score (nSPS) is 10.3. The van der Waals surface area contributed by atoms with Crippen LogP contribution >= 0.6 is 12.2 Å². The first-order valence-electron chi connectivity index (χ1n) is 7.57. The summed E-state index contributed by atoms with van der Waals surface area (Å²) in [5, 5.41) is 0.759. The van der Waals surface area contributed by atoms with E-state index >= 15 is 0 Å². The van der Waals surface area contributed by atoms with Crippen molar-refractivity contribution in [2.75, 3.05) is 6.61 Å². The second-order valence-electron chi connectivity index (χ2n) is 4.83. The van der Waals surface area contributed by atoms with Gasteiger partial charge in [-0.1, -0.05) is 57.9 Å². The fraction of sp³-hybridized carbons (Fsp3) is 0.812. The summed E-state index contributed by atoms with van der Waals surface area (Å²) in [4.78, 5) is 0. The van der Waals surface area contributed by atoms with E-state index in [4.69, 9.17) is 17.0 Å². The maximum Gasteiger partial charge on any atom is 0.159 e. The van der Waals surface area contributed by atoms with Crippen molar-refractivity contribution >= 4 is 17.3 Å². The molecule has 0 amide bonds. The van der Waals surface area contributed by atoms with Crippen LogP contribution in [0.3, 0.4) is 0 Å². The predicted molar refractivity (Wildman–Crippen MR) is 85.2 cm³/mol. The highest BCUT2D eigenvalue weighted by Crippen LogP contribution is 2.10. The number of unbranched alkanes of at least 4 members (excludes halogenated alkanes) is 9. The molecule has 0 unspecified atom stereocenters. The van der Waals surface area contributed by atoms with Gasteiger partial charge in [0.05, 0.1) is 6.61 Å². The van der Waals surface area contributed by atoms with Gasteiger partial charge >= 0.3 is 0 Å². The van der Waals surface area contributed by atoms with E-state index in [9.17, 15) is 0 Å². The van der Waals surface area contributed by atoms with E-state index in [1.807, 2.05) is 13.0 Å². The molecule has 0 aliphatic heterocycles. The highest BCUT2D eigenvalue weighted by atomic mass is 32.1. The van der Waals surface area contributed by atoms with Gasteiger partial charge in [0.15, 0.2) is 5.05 Å². The molecule has 2 heteroatoms. The Hall–Kier alpha value is -0.370. The van der Waals surface area contributed by atoms with Crippen LogP contribution < -0.4 is 0 Å². The average Bonchev–Trinajstić information content (AvgIpc) is 2.39. The standard InChI is InChI=1S/C16H30OS/c1-3-5-6-7-8-9-10-11-12-13-14-15-17-16(18)4-2/h3H,1,4-15H2,2H3. The van der Waals surface area contributed by atoms with Crippen LogP contribution in [0.2, 0.25) is 0 Å². The quantitative estimate of drug-likeness (QED) is 0.237. The van der Waals surface area contributed by atoms with Gasteiger partial charge in [-0.3, -0.25) is 0 Å². The third kappa shape index (κ3) is 13.7. The van der Waals surface area contributed by atoms with E-state index in [0.717, 1.165) is 24.5 Å². The zero-order chi connectivity index (χ0) is 13.5. The van der Waals surface area contributed by atoms with Gasteiger partial charge in [-0.05, 0) is 31.5 Å². The number of thiocarbonyl (C=S) groups is 1. The topological polar surface area (TPSA) is 9.23 Å². The van der Waals surface area contributed by atoms with Crippen molar-refractivity contribution in [2.24, 2.45) is 0 Å². The van der Waals surface area contributed by atoms with E-state index in [0.29, 0.717) is 0 Å². The molecule has 1 nitrogen and oxygen atoms in total. The van der Waals surface area contributed by atoms with Crippen molar-refractivity contribution in [1.82, 2.24) is 0 Å². The molecular weight excluding hydrogens is 240 g/mol. The molecule has 0 aromatic rings. The summed E-state index contributed by atoms with van der Waals surface area (Å²) in [6, 6.07) is 0. The number of hydrogen-bond donors (Lipinski definition) is 0. The van der Waals surface area contributed by atoms with Gasteiger partial charge in [-0.15, -0.1) is 6.58 Å². The summed E-state index contributed by atoms with van der Waals surface area (Å²) >= 11 is 5.01. The van der Waals surface area contributed by atoms with Crippen LogP contribution in [0.25, 0.3) is 0 Å². The molecule has 0 radical (unpaired) electrons. The maximum absolute atomic E-state index is 5.40. The first kappa shape index (κ1) is 17.6. The minimum atomic E-state index is 0.759. The van der Waals surface area contributed by atoms with Crippen molar-refractivity contribution in [3.05, 3.63) is 12.7 Å². The lowest BCUT2D eigenvalue weighted by molar-refractivity contribution is 0.293. The summed E-state index contributed by atoms with van der Waals surface area (Å²) in [7, 11) is 0. The van der Waals surface area contributed by atoms with Gasteiger partial charge < -0.3 is 4.74 Å². The molecule has 0 fully saturated rings. The van der Waals surface area contributed by atoms with E-state index in [1.165, 1.54) is 57.8 Å². The van der Waals surface area contributed by atoms with Crippen molar-refractivity contribution in [3.8, 4) is 0 Å². The summed E-state index contributed by atoms with van der Waals surface area (Å²) < 4.78 is 5.40. The second-order valence-corrected chi connectivity index (χ2v) is 5.29. The minimum Gasteiger partial charge on any atom is -0.487 e. The van der Waals surface area contributed by atoms with Gasteiger partial charge in [0.2, 0.25) is 0 Å². The number of allylic oxidation sites excluding steroid dienone is 1. The van der Waals surface area contributed by atoms with Crippen molar-refractivity contribution < 1.29 is 4.74 Å². The van der Waals surface area contributed by atoms with Crippen molar-refractivity contribution in [2.45, 2.75) is 77.6 Å². The molecule has 0 N–H and O–H groups in total. The lowest BCUT2D eigenvalue weighted by Gasteiger charge is -2.05. The highest BCUT2D eigenvalue weighted by molar-refractivity contribution is 7.80. The first-order valence-corrected chi connectivity index (χ1v) is 7.98. The Balaban J connectivity index is 2.98. The van der Waals surface area contributed by atoms with Crippen LogP contribution in [-0.2, 0) is 4.74 Å². The molecule has 0 aromatic heterocycles. The maximum atomic E-state index is 5.40. The monoisotopic (exact) mass is 270 g/mol. The molecule has 0 aliphatic rings. The van der Waals surface area contributed by atoms with E-state index in [-0.39, 0.29) is 0 Å².